The molecule has 0 spiro atoms. The minimum absolute atomic E-state index is 0.00431. The summed E-state index contributed by atoms with van der Waals surface area (Å²) in [5, 5.41) is 19.0. The predicted octanol–water partition coefficient (Wildman–Crippen LogP) is 3.95. The third-order valence-electron chi connectivity index (χ3n) is 4.04. The minimum atomic E-state index is -0.436. The van der Waals surface area contributed by atoms with Crippen LogP contribution in [0.25, 0.3) is 0 Å². The Morgan fingerprint density at radius 2 is 2.04 bits per heavy atom. The second-order valence-corrected chi connectivity index (χ2v) is 6.31. The first-order chi connectivity index (χ1) is 10.7. The summed E-state index contributed by atoms with van der Waals surface area (Å²) >= 11 is 6.21. The Morgan fingerprint density at radius 3 is 2.52 bits per heavy atom. The van der Waals surface area contributed by atoms with Gasteiger partial charge < -0.3 is 5.32 Å². The molecule has 6 nitrogen and oxygen atoms in total. The molecule has 0 amide bonds. The zero-order valence-electron chi connectivity index (χ0n) is 14.0. The molecule has 0 saturated heterocycles. The highest BCUT2D eigenvalue weighted by Crippen LogP contribution is 2.31. The lowest BCUT2D eigenvalue weighted by Gasteiger charge is -2.18. The monoisotopic (exact) mass is 336 g/mol. The summed E-state index contributed by atoms with van der Waals surface area (Å²) in [7, 11) is 1.93. The zero-order chi connectivity index (χ0) is 17.3. The van der Waals surface area contributed by atoms with Crippen molar-refractivity contribution in [2.75, 3.05) is 5.32 Å². The maximum Gasteiger partial charge on any atom is 0.271 e. The number of rotatable bonds is 5. The molecule has 1 atom stereocenters. The number of non-ortho nitro benzene ring substituents is 1. The molecule has 1 unspecified atom stereocenters. The number of nitrogens with zero attached hydrogens (tertiary/aromatic N) is 3. The maximum absolute atomic E-state index is 10.9. The molecule has 1 aromatic heterocycles. The lowest BCUT2D eigenvalue weighted by atomic mass is 10.0. The van der Waals surface area contributed by atoms with E-state index in [2.05, 4.69) is 17.3 Å². The summed E-state index contributed by atoms with van der Waals surface area (Å²) in [6.45, 7) is 7.92. The van der Waals surface area contributed by atoms with Crippen LogP contribution in [0.1, 0.15) is 29.4 Å². The molecule has 2 aromatic rings. The highest BCUT2D eigenvalue weighted by Gasteiger charge is 2.17. The van der Waals surface area contributed by atoms with E-state index in [4.69, 9.17) is 11.6 Å². The number of anilines is 1. The number of nitro groups is 1. The Balaban J connectivity index is 2.20. The van der Waals surface area contributed by atoms with Gasteiger partial charge in [0.2, 0.25) is 0 Å². The van der Waals surface area contributed by atoms with Crippen molar-refractivity contribution in [2.24, 2.45) is 7.05 Å². The van der Waals surface area contributed by atoms with Crippen molar-refractivity contribution in [3.63, 3.8) is 0 Å². The second-order valence-electron chi connectivity index (χ2n) is 5.90. The largest absolute Gasteiger partial charge is 0.381 e. The van der Waals surface area contributed by atoms with Crippen LogP contribution < -0.4 is 5.32 Å². The van der Waals surface area contributed by atoms with Crippen LogP contribution in [0.4, 0.5) is 11.4 Å². The summed E-state index contributed by atoms with van der Waals surface area (Å²) in [6, 6.07) is 3.03. The predicted molar refractivity (Wildman–Crippen MR) is 92.3 cm³/mol. The van der Waals surface area contributed by atoms with Gasteiger partial charge in [-0.2, -0.15) is 5.10 Å². The Labute approximate surface area is 140 Å². The summed E-state index contributed by atoms with van der Waals surface area (Å²) in [5.41, 5.74) is 4.88. The quantitative estimate of drug-likeness (QED) is 0.662. The highest BCUT2D eigenvalue weighted by atomic mass is 35.5. The lowest BCUT2D eigenvalue weighted by Crippen LogP contribution is -2.20. The molecule has 7 heteroatoms. The van der Waals surface area contributed by atoms with Crippen LogP contribution >= 0.6 is 11.6 Å². The van der Waals surface area contributed by atoms with Crippen LogP contribution in [0.2, 0.25) is 5.02 Å². The molecule has 1 N–H and O–H groups in total. The van der Waals surface area contributed by atoms with Crippen LogP contribution in [0.15, 0.2) is 12.1 Å². The number of benzene rings is 1. The summed E-state index contributed by atoms with van der Waals surface area (Å²) < 4.78 is 1.88. The van der Waals surface area contributed by atoms with E-state index >= 15 is 0 Å². The molecule has 0 bridgehead atoms. The fourth-order valence-corrected chi connectivity index (χ4v) is 3.05. The molecule has 0 aliphatic rings. The first-order valence-electron chi connectivity index (χ1n) is 7.40. The van der Waals surface area contributed by atoms with Gasteiger partial charge >= 0.3 is 0 Å². The van der Waals surface area contributed by atoms with Gasteiger partial charge in [-0.3, -0.25) is 14.8 Å². The fourth-order valence-electron chi connectivity index (χ4n) is 2.73. The average molecular weight is 337 g/mol. The highest BCUT2D eigenvalue weighted by molar-refractivity contribution is 6.33. The number of nitrogens with one attached hydrogen (secondary N) is 1. The Bertz CT molecular complexity index is 732. The van der Waals surface area contributed by atoms with Crippen LogP contribution in [0.3, 0.4) is 0 Å². The van der Waals surface area contributed by atoms with Crippen LogP contribution in [0, 0.1) is 30.9 Å². The normalized spacial score (nSPS) is 12.3. The van der Waals surface area contributed by atoms with E-state index in [9.17, 15) is 10.1 Å². The van der Waals surface area contributed by atoms with E-state index in [1.165, 1.54) is 17.7 Å². The van der Waals surface area contributed by atoms with Crippen molar-refractivity contribution >= 4 is 23.0 Å². The van der Waals surface area contributed by atoms with Gasteiger partial charge in [0, 0.05) is 30.9 Å². The molecule has 2 rings (SSSR count). The number of aryl methyl sites for hydroxylation is 3. The first-order valence-corrected chi connectivity index (χ1v) is 7.78. The minimum Gasteiger partial charge on any atom is -0.381 e. The van der Waals surface area contributed by atoms with Crippen molar-refractivity contribution in [1.29, 1.82) is 0 Å². The van der Waals surface area contributed by atoms with E-state index < -0.39 is 4.92 Å². The Morgan fingerprint density at radius 1 is 1.39 bits per heavy atom. The van der Waals surface area contributed by atoms with Gasteiger partial charge in [0.25, 0.3) is 5.69 Å². The number of nitro benzene ring substituents is 1. The molecule has 0 aliphatic carbocycles. The lowest BCUT2D eigenvalue weighted by molar-refractivity contribution is -0.384. The van der Waals surface area contributed by atoms with Gasteiger partial charge in [0.15, 0.2) is 0 Å². The Kier molecular flexibility index (Phi) is 4.94. The third kappa shape index (κ3) is 3.64. The molecule has 124 valence electrons. The number of halogens is 1. The van der Waals surface area contributed by atoms with E-state index in [1.54, 1.807) is 0 Å². The molecule has 1 heterocycles. The molecule has 0 radical (unpaired) electrons. The maximum atomic E-state index is 10.9. The van der Waals surface area contributed by atoms with Crippen LogP contribution in [0.5, 0.6) is 0 Å². The molecular formula is C16H21ClN4O2. The van der Waals surface area contributed by atoms with Gasteiger partial charge in [0.05, 0.1) is 21.3 Å². The average Bonchev–Trinajstić information content (AvgIpc) is 2.69. The summed E-state index contributed by atoms with van der Waals surface area (Å²) in [6.07, 6.45) is 0.804. The second kappa shape index (κ2) is 6.58. The molecule has 0 aliphatic heterocycles. The van der Waals surface area contributed by atoms with Crippen molar-refractivity contribution in [2.45, 2.75) is 40.2 Å². The molecule has 1 aromatic carbocycles. The van der Waals surface area contributed by atoms with E-state index in [0.29, 0.717) is 5.02 Å². The zero-order valence-corrected chi connectivity index (χ0v) is 14.7. The van der Waals surface area contributed by atoms with Crippen LogP contribution in [-0.4, -0.2) is 20.7 Å². The van der Waals surface area contributed by atoms with Crippen molar-refractivity contribution in [1.82, 2.24) is 9.78 Å². The number of hydrogen-bond acceptors (Lipinski definition) is 4. The van der Waals surface area contributed by atoms with Gasteiger partial charge in [-0.25, -0.2) is 0 Å². The topological polar surface area (TPSA) is 73.0 Å². The smallest absolute Gasteiger partial charge is 0.271 e. The van der Waals surface area contributed by atoms with Crippen molar-refractivity contribution in [3.8, 4) is 0 Å². The van der Waals surface area contributed by atoms with E-state index in [-0.39, 0.29) is 11.7 Å². The molecule has 0 fully saturated rings. The van der Waals surface area contributed by atoms with Gasteiger partial charge in [-0.05, 0) is 45.2 Å². The van der Waals surface area contributed by atoms with E-state index in [1.807, 2.05) is 32.5 Å². The molecule has 23 heavy (non-hydrogen) atoms. The van der Waals surface area contributed by atoms with Gasteiger partial charge in [0.1, 0.15) is 0 Å². The van der Waals surface area contributed by atoms with Gasteiger partial charge in [-0.15, -0.1) is 0 Å². The number of aromatic nitrogens is 2. The summed E-state index contributed by atoms with van der Waals surface area (Å²) in [4.78, 5) is 10.4. The number of hydrogen-bond donors (Lipinski definition) is 1. The molecular weight excluding hydrogens is 316 g/mol. The SMILES string of the molecule is Cc1cc([N+](=O)[O-])cc(Cl)c1NC(C)Cc1c(C)nn(C)c1C. The Hall–Kier alpha value is -2.08. The van der Waals surface area contributed by atoms with E-state index in [0.717, 1.165) is 29.1 Å². The van der Waals surface area contributed by atoms with Gasteiger partial charge in [-0.1, -0.05) is 11.6 Å². The fraction of sp³-hybridized carbons (Fsp3) is 0.438. The molecule has 0 saturated carbocycles. The van der Waals surface area contributed by atoms with Crippen LogP contribution in [-0.2, 0) is 13.5 Å². The summed E-state index contributed by atoms with van der Waals surface area (Å²) in [5.74, 6) is 0. The van der Waals surface area contributed by atoms with Crippen molar-refractivity contribution < 1.29 is 4.92 Å². The third-order valence-corrected chi connectivity index (χ3v) is 4.34. The van der Waals surface area contributed by atoms with Crippen molar-refractivity contribution in [3.05, 3.63) is 49.8 Å². The standard InChI is InChI=1S/C16H21ClN4O2/c1-9-6-13(21(22)23)8-15(17)16(9)18-10(2)7-14-11(3)19-20(5)12(14)4/h6,8,10,18H,7H2,1-5H3. The first kappa shape index (κ1) is 17.3.